The van der Waals surface area contributed by atoms with Crippen LogP contribution < -0.4 is 9.62 Å². The lowest BCUT2D eigenvalue weighted by Gasteiger charge is -2.34. The number of halogens is 1. The summed E-state index contributed by atoms with van der Waals surface area (Å²) in [7, 11) is -4.14. The number of hydrogen-bond donors (Lipinski definition) is 1. The van der Waals surface area contributed by atoms with E-state index in [1.165, 1.54) is 29.2 Å². The molecule has 3 rings (SSSR count). The zero-order valence-electron chi connectivity index (χ0n) is 23.9. The number of anilines is 1. The lowest BCUT2D eigenvalue weighted by atomic mass is 10.1. The molecular formula is C31H38FN3O4S. The Labute approximate surface area is 237 Å². The van der Waals surface area contributed by atoms with Crippen molar-refractivity contribution >= 4 is 27.5 Å². The highest BCUT2D eigenvalue weighted by Crippen LogP contribution is 2.25. The highest BCUT2D eigenvalue weighted by Gasteiger charge is 2.34. The number of aryl methyl sites for hydroxylation is 2. The third-order valence-electron chi connectivity index (χ3n) is 6.36. The fourth-order valence-corrected chi connectivity index (χ4v) is 5.65. The molecule has 40 heavy (non-hydrogen) atoms. The van der Waals surface area contributed by atoms with Crippen molar-refractivity contribution in [2.24, 2.45) is 0 Å². The zero-order valence-corrected chi connectivity index (χ0v) is 24.8. The zero-order chi connectivity index (χ0) is 29.7. The summed E-state index contributed by atoms with van der Waals surface area (Å²) < 4.78 is 42.4. The van der Waals surface area contributed by atoms with E-state index < -0.39 is 39.9 Å². The molecule has 0 spiro atoms. The molecule has 0 bridgehead atoms. The molecule has 0 heterocycles. The molecule has 3 aromatic carbocycles. The number of nitrogens with one attached hydrogen (secondary N) is 1. The van der Waals surface area contributed by atoms with Gasteiger partial charge in [-0.2, -0.15) is 0 Å². The van der Waals surface area contributed by atoms with Crippen LogP contribution in [0, 0.1) is 19.7 Å². The van der Waals surface area contributed by atoms with Crippen LogP contribution in [0.15, 0.2) is 77.7 Å². The Morgan fingerprint density at radius 3 is 1.90 bits per heavy atom. The number of nitrogens with zero attached hydrogens (tertiary/aromatic N) is 2. The molecule has 0 aromatic heterocycles. The molecule has 2 amide bonds. The normalized spacial score (nSPS) is 12.5. The van der Waals surface area contributed by atoms with Gasteiger partial charge in [-0.05, 0) is 83.0 Å². The van der Waals surface area contributed by atoms with E-state index in [0.29, 0.717) is 17.7 Å². The molecule has 1 N–H and O–H groups in total. The minimum Gasteiger partial charge on any atom is -0.350 e. The van der Waals surface area contributed by atoms with Crippen LogP contribution in [0.1, 0.15) is 50.8 Å². The standard InChI is InChI=1S/C31H38FN3O4S/c1-7-28(30(37)33-31(4,5)6)34(20-24-12-14-25(32)15-13-24)29(36)21-35(26-16-8-22(2)9-17-26)40(38,39)27-18-10-23(3)11-19-27/h8-19,28H,7,20-21H2,1-6H3,(H,33,37)/t28-/m0/s1. The third-order valence-corrected chi connectivity index (χ3v) is 8.15. The molecular weight excluding hydrogens is 529 g/mol. The molecule has 214 valence electrons. The summed E-state index contributed by atoms with van der Waals surface area (Å²) in [5.41, 5.74) is 2.23. The van der Waals surface area contributed by atoms with Crippen molar-refractivity contribution < 1.29 is 22.4 Å². The largest absolute Gasteiger partial charge is 0.350 e. The van der Waals surface area contributed by atoms with Crippen LogP contribution in [0.5, 0.6) is 0 Å². The van der Waals surface area contributed by atoms with Gasteiger partial charge in [-0.15, -0.1) is 0 Å². The maximum Gasteiger partial charge on any atom is 0.264 e. The van der Waals surface area contributed by atoms with Gasteiger partial charge in [0.05, 0.1) is 10.6 Å². The second-order valence-corrected chi connectivity index (χ2v) is 12.8. The van der Waals surface area contributed by atoms with E-state index in [9.17, 15) is 22.4 Å². The summed E-state index contributed by atoms with van der Waals surface area (Å²) >= 11 is 0. The highest BCUT2D eigenvalue weighted by molar-refractivity contribution is 7.92. The van der Waals surface area contributed by atoms with E-state index in [2.05, 4.69) is 5.32 Å². The van der Waals surface area contributed by atoms with Gasteiger partial charge in [0.1, 0.15) is 18.4 Å². The van der Waals surface area contributed by atoms with Gasteiger partial charge < -0.3 is 10.2 Å². The van der Waals surface area contributed by atoms with Crippen LogP contribution in [0.25, 0.3) is 0 Å². The summed E-state index contributed by atoms with van der Waals surface area (Å²) in [5, 5.41) is 2.93. The van der Waals surface area contributed by atoms with Crippen molar-refractivity contribution in [2.75, 3.05) is 10.8 Å². The first-order chi connectivity index (χ1) is 18.7. The van der Waals surface area contributed by atoms with Gasteiger partial charge in [0.15, 0.2) is 0 Å². The lowest BCUT2D eigenvalue weighted by Crippen LogP contribution is -2.55. The Balaban J connectivity index is 2.06. The van der Waals surface area contributed by atoms with Gasteiger partial charge in [-0.1, -0.05) is 54.4 Å². The van der Waals surface area contributed by atoms with Crippen molar-refractivity contribution in [3.05, 3.63) is 95.3 Å². The maximum atomic E-state index is 14.0. The molecule has 0 radical (unpaired) electrons. The van der Waals surface area contributed by atoms with Crippen LogP contribution in [0.4, 0.5) is 10.1 Å². The average Bonchev–Trinajstić information content (AvgIpc) is 2.88. The SMILES string of the molecule is CC[C@@H](C(=O)NC(C)(C)C)N(Cc1ccc(F)cc1)C(=O)CN(c1ccc(C)cc1)S(=O)(=O)c1ccc(C)cc1. The summed E-state index contributed by atoms with van der Waals surface area (Å²) in [6, 6.07) is 18.1. The Morgan fingerprint density at radius 1 is 0.875 bits per heavy atom. The maximum absolute atomic E-state index is 14.0. The highest BCUT2D eigenvalue weighted by atomic mass is 32.2. The van der Waals surface area contributed by atoms with Gasteiger partial charge in [0.25, 0.3) is 10.0 Å². The quantitative estimate of drug-likeness (QED) is 0.357. The summed E-state index contributed by atoms with van der Waals surface area (Å²) in [4.78, 5) is 28.8. The van der Waals surface area contributed by atoms with Crippen LogP contribution >= 0.6 is 0 Å². The van der Waals surface area contributed by atoms with Crippen molar-refractivity contribution in [3.63, 3.8) is 0 Å². The van der Waals surface area contributed by atoms with E-state index in [-0.39, 0.29) is 17.3 Å². The summed E-state index contributed by atoms with van der Waals surface area (Å²) in [6.07, 6.45) is 0.296. The molecule has 3 aromatic rings. The van der Waals surface area contributed by atoms with Crippen LogP contribution in [0.3, 0.4) is 0 Å². The van der Waals surface area contributed by atoms with E-state index in [4.69, 9.17) is 0 Å². The predicted octanol–water partition coefficient (Wildman–Crippen LogP) is 5.36. The van der Waals surface area contributed by atoms with Gasteiger partial charge in [-0.3, -0.25) is 13.9 Å². The summed E-state index contributed by atoms with van der Waals surface area (Å²) in [5.74, 6) is -1.33. The number of carbonyl (C=O) groups is 2. The Kier molecular flexibility index (Phi) is 9.73. The Bertz CT molecular complexity index is 1420. The topological polar surface area (TPSA) is 86.8 Å². The Morgan fingerprint density at radius 2 is 1.40 bits per heavy atom. The lowest BCUT2D eigenvalue weighted by molar-refractivity contribution is -0.141. The third kappa shape index (κ3) is 7.91. The van der Waals surface area contributed by atoms with Crippen LogP contribution in [-0.2, 0) is 26.2 Å². The fourth-order valence-electron chi connectivity index (χ4n) is 4.24. The number of hydrogen-bond acceptors (Lipinski definition) is 4. The molecule has 7 nitrogen and oxygen atoms in total. The molecule has 9 heteroatoms. The van der Waals surface area contributed by atoms with E-state index in [1.807, 2.05) is 34.6 Å². The molecule has 0 fully saturated rings. The van der Waals surface area contributed by atoms with Crippen molar-refractivity contribution in [1.82, 2.24) is 10.2 Å². The van der Waals surface area contributed by atoms with Gasteiger partial charge in [-0.25, -0.2) is 12.8 Å². The summed E-state index contributed by atoms with van der Waals surface area (Å²) in [6.45, 7) is 10.5. The molecule has 1 atom stereocenters. The number of rotatable bonds is 10. The molecule has 0 saturated heterocycles. The smallest absolute Gasteiger partial charge is 0.264 e. The average molecular weight is 568 g/mol. The molecule has 0 aliphatic rings. The molecule has 0 aliphatic carbocycles. The number of amides is 2. The van der Waals surface area contributed by atoms with Crippen LogP contribution in [0.2, 0.25) is 0 Å². The minimum atomic E-state index is -4.14. The van der Waals surface area contributed by atoms with Gasteiger partial charge >= 0.3 is 0 Å². The van der Waals surface area contributed by atoms with E-state index in [0.717, 1.165) is 15.4 Å². The molecule has 0 saturated carbocycles. The number of benzene rings is 3. The monoisotopic (exact) mass is 567 g/mol. The number of sulfonamides is 1. The van der Waals surface area contributed by atoms with Crippen molar-refractivity contribution in [2.45, 2.75) is 71.0 Å². The van der Waals surface area contributed by atoms with Crippen LogP contribution in [-0.4, -0.2) is 43.3 Å². The first-order valence-corrected chi connectivity index (χ1v) is 14.7. The Hall–Kier alpha value is -3.72. The van der Waals surface area contributed by atoms with Gasteiger partial charge in [0.2, 0.25) is 11.8 Å². The van der Waals surface area contributed by atoms with Crippen molar-refractivity contribution in [1.29, 1.82) is 0 Å². The first-order valence-electron chi connectivity index (χ1n) is 13.2. The minimum absolute atomic E-state index is 0.00149. The fraction of sp³-hybridized carbons (Fsp3) is 0.355. The molecule has 0 aliphatic heterocycles. The molecule has 0 unspecified atom stereocenters. The second-order valence-electron chi connectivity index (χ2n) is 11.0. The predicted molar refractivity (Wildman–Crippen MR) is 156 cm³/mol. The number of carbonyl (C=O) groups excluding carboxylic acids is 2. The van der Waals surface area contributed by atoms with Crippen molar-refractivity contribution in [3.8, 4) is 0 Å². The first kappa shape index (κ1) is 30.8. The van der Waals surface area contributed by atoms with E-state index >= 15 is 0 Å². The van der Waals surface area contributed by atoms with Gasteiger partial charge in [0, 0.05) is 12.1 Å². The van der Waals surface area contributed by atoms with E-state index in [1.54, 1.807) is 55.5 Å². The second kappa shape index (κ2) is 12.6.